The van der Waals surface area contributed by atoms with Crippen LogP contribution in [0.25, 0.3) is 10.8 Å². The number of halogens is 2. The molecular weight excluding hydrogens is 402 g/mol. The first-order valence-corrected chi connectivity index (χ1v) is 8.29. The summed E-state index contributed by atoms with van der Waals surface area (Å²) >= 11 is 8.18. The third-order valence-electron chi connectivity index (χ3n) is 2.88. The molecular formula is C15H9Br2NOS. The van der Waals surface area contributed by atoms with Gasteiger partial charge in [0, 0.05) is 10.2 Å². The fraction of sp³-hybridized carbons (Fsp3) is 0. The lowest BCUT2D eigenvalue weighted by Crippen LogP contribution is -2.09. The maximum Gasteiger partial charge on any atom is 0.265 e. The monoisotopic (exact) mass is 409 g/mol. The Kier molecular flexibility index (Phi) is 3.92. The molecule has 0 fully saturated rings. The number of benzene rings is 2. The van der Waals surface area contributed by atoms with E-state index in [1.54, 1.807) is 0 Å². The van der Waals surface area contributed by atoms with Gasteiger partial charge in [0.15, 0.2) is 0 Å². The highest BCUT2D eigenvalue weighted by Crippen LogP contribution is 2.32. The number of thiophene rings is 1. The van der Waals surface area contributed by atoms with Crippen LogP contribution in [0, 0.1) is 0 Å². The van der Waals surface area contributed by atoms with E-state index in [9.17, 15) is 4.79 Å². The topological polar surface area (TPSA) is 29.1 Å². The smallest absolute Gasteiger partial charge is 0.265 e. The molecule has 1 aromatic heterocycles. The van der Waals surface area contributed by atoms with Gasteiger partial charge in [-0.15, -0.1) is 11.3 Å². The van der Waals surface area contributed by atoms with Gasteiger partial charge in [-0.3, -0.25) is 4.79 Å². The minimum absolute atomic E-state index is 0.100. The lowest BCUT2D eigenvalue weighted by atomic mass is 10.1. The molecule has 20 heavy (non-hydrogen) atoms. The second-order valence-corrected chi connectivity index (χ2v) is 7.47. The Labute approximate surface area is 137 Å². The first kappa shape index (κ1) is 13.8. The van der Waals surface area contributed by atoms with Gasteiger partial charge in [-0.2, -0.15) is 0 Å². The summed E-state index contributed by atoms with van der Waals surface area (Å²) < 4.78 is 1.81. The van der Waals surface area contributed by atoms with Crippen molar-refractivity contribution in [2.75, 3.05) is 5.32 Å². The van der Waals surface area contributed by atoms with Gasteiger partial charge in [-0.05, 0) is 60.8 Å². The minimum atomic E-state index is -0.100. The Bertz CT molecular complexity index is 778. The van der Waals surface area contributed by atoms with Gasteiger partial charge in [0.05, 0.1) is 8.66 Å². The van der Waals surface area contributed by atoms with Crippen molar-refractivity contribution in [1.29, 1.82) is 0 Å². The second kappa shape index (κ2) is 5.68. The van der Waals surface area contributed by atoms with E-state index in [0.717, 1.165) is 24.7 Å². The summed E-state index contributed by atoms with van der Waals surface area (Å²) in [6.07, 6.45) is 0. The number of hydrogen-bond donors (Lipinski definition) is 1. The van der Waals surface area contributed by atoms with E-state index in [-0.39, 0.29) is 5.91 Å². The number of anilines is 1. The second-order valence-electron chi connectivity index (χ2n) is 4.25. The van der Waals surface area contributed by atoms with Crippen LogP contribution in [0.15, 0.2) is 56.8 Å². The normalized spacial score (nSPS) is 10.7. The Morgan fingerprint density at radius 3 is 2.45 bits per heavy atom. The molecule has 0 aliphatic heterocycles. The Hall–Kier alpha value is -1.17. The zero-order valence-electron chi connectivity index (χ0n) is 10.2. The van der Waals surface area contributed by atoms with Crippen molar-refractivity contribution < 1.29 is 4.79 Å². The minimum Gasteiger partial charge on any atom is -0.321 e. The maximum atomic E-state index is 12.2. The Morgan fingerprint density at radius 2 is 1.75 bits per heavy atom. The highest BCUT2D eigenvalue weighted by molar-refractivity contribution is 9.13. The van der Waals surface area contributed by atoms with Gasteiger partial charge in [0.25, 0.3) is 5.91 Å². The van der Waals surface area contributed by atoms with Crippen LogP contribution < -0.4 is 5.32 Å². The summed E-state index contributed by atoms with van der Waals surface area (Å²) in [4.78, 5) is 12.8. The average Bonchev–Trinajstić information content (AvgIpc) is 2.79. The summed E-state index contributed by atoms with van der Waals surface area (Å²) in [6, 6.07) is 15.8. The summed E-state index contributed by atoms with van der Waals surface area (Å²) in [5, 5.41) is 5.19. The van der Waals surface area contributed by atoms with E-state index in [1.165, 1.54) is 11.3 Å². The van der Waals surface area contributed by atoms with Crippen LogP contribution in [0.1, 0.15) is 9.67 Å². The fourth-order valence-electron chi connectivity index (χ4n) is 1.92. The molecule has 5 heteroatoms. The standard InChI is InChI=1S/C15H9Br2NOS/c16-12-8-13(20-14(12)17)15(19)18-11-6-5-9-3-1-2-4-10(9)7-11/h1-8H,(H,18,19). The molecule has 0 aliphatic carbocycles. The number of rotatable bonds is 2. The summed E-state index contributed by atoms with van der Waals surface area (Å²) in [6.45, 7) is 0. The molecule has 1 N–H and O–H groups in total. The van der Waals surface area contributed by atoms with Gasteiger partial charge in [0.1, 0.15) is 0 Å². The number of amides is 1. The Morgan fingerprint density at radius 1 is 1.00 bits per heavy atom. The molecule has 2 nitrogen and oxygen atoms in total. The van der Waals surface area contributed by atoms with Crippen LogP contribution in [0.5, 0.6) is 0 Å². The van der Waals surface area contributed by atoms with Gasteiger partial charge in [0.2, 0.25) is 0 Å². The van der Waals surface area contributed by atoms with Crippen molar-refractivity contribution in [3.8, 4) is 0 Å². The molecule has 3 rings (SSSR count). The zero-order chi connectivity index (χ0) is 14.1. The first-order valence-electron chi connectivity index (χ1n) is 5.88. The molecule has 1 amide bonds. The van der Waals surface area contributed by atoms with Crippen LogP contribution >= 0.6 is 43.2 Å². The third kappa shape index (κ3) is 2.80. The highest BCUT2D eigenvalue weighted by atomic mass is 79.9. The summed E-state index contributed by atoms with van der Waals surface area (Å²) in [5.41, 5.74) is 0.800. The molecule has 1 heterocycles. The summed E-state index contributed by atoms with van der Waals surface area (Å²) in [7, 11) is 0. The Balaban J connectivity index is 1.87. The lowest BCUT2D eigenvalue weighted by Gasteiger charge is -2.05. The molecule has 0 radical (unpaired) electrons. The first-order chi connectivity index (χ1) is 9.63. The predicted molar refractivity (Wildman–Crippen MR) is 91.6 cm³/mol. The van der Waals surface area contributed by atoms with Gasteiger partial charge in [-0.25, -0.2) is 0 Å². The van der Waals surface area contributed by atoms with Gasteiger partial charge < -0.3 is 5.32 Å². The predicted octanol–water partition coefficient (Wildman–Crippen LogP) is 5.68. The number of hydrogen-bond acceptors (Lipinski definition) is 2. The lowest BCUT2D eigenvalue weighted by molar-refractivity contribution is 0.103. The number of carbonyl (C=O) groups excluding carboxylic acids is 1. The quantitative estimate of drug-likeness (QED) is 0.578. The van der Waals surface area contributed by atoms with Crippen molar-refractivity contribution in [1.82, 2.24) is 0 Å². The van der Waals surface area contributed by atoms with Crippen LogP contribution in [-0.2, 0) is 0 Å². The van der Waals surface area contributed by atoms with Gasteiger partial charge in [-0.1, -0.05) is 30.3 Å². The van der Waals surface area contributed by atoms with Crippen molar-refractivity contribution in [2.45, 2.75) is 0 Å². The van der Waals surface area contributed by atoms with Crippen LogP contribution in [0.3, 0.4) is 0 Å². The van der Waals surface area contributed by atoms with Crippen molar-refractivity contribution in [3.63, 3.8) is 0 Å². The number of carbonyl (C=O) groups is 1. The van der Waals surface area contributed by atoms with E-state index in [0.29, 0.717) is 4.88 Å². The maximum absolute atomic E-state index is 12.2. The summed E-state index contributed by atoms with van der Waals surface area (Å²) in [5.74, 6) is -0.100. The molecule has 0 unspecified atom stereocenters. The van der Waals surface area contributed by atoms with E-state index in [1.807, 2.05) is 42.5 Å². The van der Waals surface area contributed by atoms with Crippen LogP contribution in [0.4, 0.5) is 5.69 Å². The van der Waals surface area contributed by atoms with E-state index < -0.39 is 0 Å². The average molecular weight is 411 g/mol. The third-order valence-corrected chi connectivity index (χ3v) is 6.13. The van der Waals surface area contributed by atoms with Crippen molar-refractivity contribution in [2.24, 2.45) is 0 Å². The van der Waals surface area contributed by atoms with Crippen LogP contribution in [0.2, 0.25) is 0 Å². The van der Waals surface area contributed by atoms with E-state index >= 15 is 0 Å². The molecule has 3 aromatic rings. The molecule has 0 aliphatic rings. The molecule has 0 saturated heterocycles. The van der Waals surface area contributed by atoms with Crippen LogP contribution in [-0.4, -0.2) is 5.91 Å². The molecule has 0 saturated carbocycles. The molecule has 0 bridgehead atoms. The molecule has 0 spiro atoms. The van der Waals surface area contributed by atoms with E-state index in [4.69, 9.17) is 0 Å². The van der Waals surface area contributed by atoms with Crippen molar-refractivity contribution >= 4 is 65.6 Å². The number of nitrogens with one attached hydrogen (secondary N) is 1. The number of fused-ring (bicyclic) bond motifs is 1. The zero-order valence-corrected chi connectivity index (χ0v) is 14.2. The van der Waals surface area contributed by atoms with Gasteiger partial charge >= 0.3 is 0 Å². The van der Waals surface area contributed by atoms with Crippen molar-refractivity contribution in [3.05, 3.63) is 61.7 Å². The fourth-order valence-corrected chi connectivity index (χ4v) is 3.85. The SMILES string of the molecule is O=C(Nc1ccc2ccccc2c1)c1cc(Br)c(Br)s1. The molecule has 100 valence electrons. The largest absolute Gasteiger partial charge is 0.321 e. The van der Waals surface area contributed by atoms with E-state index in [2.05, 4.69) is 43.2 Å². The molecule has 2 aromatic carbocycles. The highest BCUT2D eigenvalue weighted by Gasteiger charge is 2.12. The molecule has 0 atom stereocenters.